The number of esters is 1. The first-order chi connectivity index (χ1) is 16.0. The van der Waals surface area contributed by atoms with Gasteiger partial charge in [-0.1, -0.05) is 42.5 Å². The lowest BCUT2D eigenvalue weighted by Crippen LogP contribution is -2.49. The lowest BCUT2D eigenvalue weighted by Gasteiger charge is -2.45. The number of rotatable bonds is 5. The van der Waals surface area contributed by atoms with Crippen molar-refractivity contribution >= 4 is 45.0 Å². The number of hydrogen-bond acceptors (Lipinski definition) is 5. The number of carbonyl (C=O) groups excluding carboxylic acids is 2. The first-order valence-corrected chi connectivity index (χ1v) is 12.1. The van der Waals surface area contributed by atoms with Crippen molar-refractivity contribution in [2.24, 2.45) is 23.7 Å². The molecule has 2 aromatic carbocycles. The number of amides is 1. The number of fused-ring (bicyclic) bond motifs is 4. The van der Waals surface area contributed by atoms with E-state index in [0.717, 1.165) is 42.0 Å². The van der Waals surface area contributed by atoms with Crippen molar-refractivity contribution in [2.75, 3.05) is 12.4 Å². The molecule has 2 bridgehead atoms. The normalized spacial score (nSPS) is 23.9. The average Bonchev–Trinajstić information content (AvgIpc) is 3.26. The fourth-order valence-corrected chi connectivity index (χ4v) is 6.74. The largest absolute Gasteiger partial charge is 0.481 e. The van der Waals surface area contributed by atoms with Gasteiger partial charge in [0.15, 0.2) is 0 Å². The van der Waals surface area contributed by atoms with Gasteiger partial charge in [0.2, 0.25) is 5.91 Å². The molecule has 3 aliphatic rings. The highest BCUT2D eigenvalue weighted by Crippen LogP contribution is 2.50. The molecule has 1 heterocycles. The van der Waals surface area contributed by atoms with Crippen LogP contribution in [-0.2, 0) is 14.3 Å². The van der Waals surface area contributed by atoms with Crippen molar-refractivity contribution in [3.63, 3.8) is 0 Å². The van der Waals surface area contributed by atoms with Crippen LogP contribution in [0.5, 0.6) is 0 Å². The minimum Gasteiger partial charge on any atom is -0.481 e. The number of nitrogens with one attached hydrogen (secondary N) is 1. The van der Waals surface area contributed by atoms with Crippen molar-refractivity contribution in [3.8, 4) is 11.1 Å². The van der Waals surface area contributed by atoms with Crippen LogP contribution in [0.15, 0.2) is 47.8 Å². The third-order valence-electron chi connectivity index (χ3n) is 7.30. The molecule has 2 N–H and O–H groups in total. The van der Waals surface area contributed by atoms with Gasteiger partial charge in [0.05, 0.1) is 18.9 Å². The summed E-state index contributed by atoms with van der Waals surface area (Å²) < 4.78 is 5.07. The molecule has 0 radical (unpaired) electrons. The van der Waals surface area contributed by atoms with E-state index in [4.69, 9.17) is 4.74 Å². The molecular formula is C26H25NO5S. The van der Waals surface area contributed by atoms with Crippen LogP contribution in [0.25, 0.3) is 21.9 Å². The SMILES string of the molecule is COC(=O)c1c(-c2cccc3ccccc23)csc1NC(=O)[C@H]1C2CCC(CC2)[C@@H]1C(=O)O. The zero-order valence-electron chi connectivity index (χ0n) is 18.2. The number of benzene rings is 2. The van der Waals surface area contributed by atoms with Gasteiger partial charge in [-0.05, 0) is 53.9 Å². The number of methoxy groups -OCH3 is 1. The van der Waals surface area contributed by atoms with Crippen molar-refractivity contribution in [2.45, 2.75) is 25.7 Å². The van der Waals surface area contributed by atoms with Crippen LogP contribution in [0.1, 0.15) is 36.0 Å². The number of thiophene rings is 1. The minimum atomic E-state index is -0.902. The molecule has 0 saturated heterocycles. The lowest BCUT2D eigenvalue weighted by atomic mass is 9.58. The molecule has 170 valence electrons. The molecule has 7 heteroatoms. The maximum Gasteiger partial charge on any atom is 0.341 e. The van der Waals surface area contributed by atoms with Gasteiger partial charge in [0.1, 0.15) is 10.6 Å². The van der Waals surface area contributed by atoms with E-state index in [-0.39, 0.29) is 17.7 Å². The van der Waals surface area contributed by atoms with Crippen LogP contribution in [0.4, 0.5) is 5.00 Å². The number of anilines is 1. The predicted octanol–water partition coefficient (Wildman–Crippen LogP) is 5.43. The minimum absolute atomic E-state index is 0.0397. The van der Waals surface area contributed by atoms with E-state index in [2.05, 4.69) is 5.32 Å². The molecule has 3 fully saturated rings. The van der Waals surface area contributed by atoms with Gasteiger partial charge >= 0.3 is 11.9 Å². The van der Waals surface area contributed by atoms with Crippen LogP contribution in [-0.4, -0.2) is 30.1 Å². The fourth-order valence-electron chi connectivity index (χ4n) is 5.79. The summed E-state index contributed by atoms with van der Waals surface area (Å²) in [5.41, 5.74) is 1.88. The topological polar surface area (TPSA) is 92.7 Å². The van der Waals surface area contributed by atoms with E-state index in [0.29, 0.717) is 16.1 Å². The van der Waals surface area contributed by atoms with Crippen LogP contribution >= 0.6 is 11.3 Å². The van der Waals surface area contributed by atoms with Crippen LogP contribution in [0.2, 0.25) is 0 Å². The zero-order chi connectivity index (χ0) is 23.1. The Hall–Kier alpha value is -3.19. The Bertz CT molecular complexity index is 1240. The van der Waals surface area contributed by atoms with Crippen molar-refractivity contribution in [1.29, 1.82) is 0 Å². The molecule has 0 unspecified atom stereocenters. The monoisotopic (exact) mass is 463 g/mol. The van der Waals surface area contributed by atoms with E-state index in [9.17, 15) is 19.5 Å². The number of aliphatic carboxylic acids is 1. The third kappa shape index (κ3) is 3.70. The van der Waals surface area contributed by atoms with E-state index in [1.165, 1.54) is 18.4 Å². The number of hydrogen-bond donors (Lipinski definition) is 2. The molecular weight excluding hydrogens is 438 g/mol. The molecule has 6 nitrogen and oxygen atoms in total. The highest BCUT2D eigenvalue weighted by atomic mass is 32.1. The Labute approximate surface area is 195 Å². The quantitative estimate of drug-likeness (QED) is 0.492. The van der Waals surface area contributed by atoms with Crippen molar-refractivity contribution in [1.82, 2.24) is 0 Å². The summed E-state index contributed by atoms with van der Waals surface area (Å²) in [5.74, 6) is -2.89. The summed E-state index contributed by atoms with van der Waals surface area (Å²) in [6.45, 7) is 0. The molecule has 0 spiro atoms. The number of carbonyl (C=O) groups is 3. The molecule has 1 amide bonds. The number of ether oxygens (including phenoxy) is 1. The van der Waals surface area contributed by atoms with Gasteiger partial charge < -0.3 is 15.2 Å². The first-order valence-electron chi connectivity index (χ1n) is 11.2. The molecule has 0 aliphatic heterocycles. The van der Waals surface area contributed by atoms with Crippen LogP contribution in [0, 0.1) is 23.7 Å². The summed E-state index contributed by atoms with van der Waals surface area (Å²) in [7, 11) is 1.32. The summed E-state index contributed by atoms with van der Waals surface area (Å²) in [6, 6.07) is 13.8. The highest BCUT2D eigenvalue weighted by molar-refractivity contribution is 7.15. The molecule has 2 atom stereocenters. The molecule has 3 saturated carbocycles. The Morgan fingerprint density at radius 1 is 0.939 bits per heavy atom. The maximum absolute atomic E-state index is 13.4. The third-order valence-corrected chi connectivity index (χ3v) is 8.20. The van der Waals surface area contributed by atoms with Gasteiger partial charge in [0.25, 0.3) is 0 Å². The van der Waals surface area contributed by atoms with E-state index in [1.807, 2.05) is 47.8 Å². The van der Waals surface area contributed by atoms with Crippen molar-refractivity contribution < 1.29 is 24.2 Å². The predicted molar refractivity (Wildman–Crippen MR) is 127 cm³/mol. The summed E-state index contributed by atoms with van der Waals surface area (Å²) in [5, 5.41) is 17.0. The molecule has 6 rings (SSSR count). The van der Waals surface area contributed by atoms with E-state index < -0.39 is 23.8 Å². The van der Waals surface area contributed by atoms with Gasteiger partial charge in [-0.15, -0.1) is 11.3 Å². The summed E-state index contributed by atoms with van der Waals surface area (Å²) in [6.07, 6.45) is 3.48. The second-order valence-corrected chi connectivity index (χ2v) is 9.81. The summed E-state index contributed by atoms with van der Waals surface area (Å²) >= 11 is 1.27. The average molecular weight is 464 g/mol. The van der Waals surface area contributed by atoms with Gasteiger partial charge in [-0.3, -0.25) is 9.59 Å². The van der Waals surface area contributed by atoms with Gasteiger partial charge in [-0.2, -0.15) is 0 Å². The Morgan fingerprint density at radius 2 is 1.61 bits per heavy atom. The second kappa shape index (κ2) is 8.63. The standard InChI is InChI=1S/C26H25NO5S/c1-32-26(31)22-19(18-8-4-6-14-5-2-3-7-17(14)18)13-33-24(22)27-23(28)20-15-9-11-16(12-10-15)21(20)25(29)30/h2-8,13,15-16,20-21H,9-12H2,1H3,(H,27,28)(H,29,30)/t15?,16?,20-,21-/m0/s1. The van der Waals surface area contributed by atoms with Crippen LogP contribution < -0.4 is 5.32 Å². The van der Waals surface area contributed by atoms with Gasteiger partial charge in [0, 0.05) is 10.9 Å². The smallest absolute Gasteiger partial charge is 0.341 e. The Balaban J connectivity index is 1.53. The second-order valence-electron chi connectivity index (χ2n) is 8.93. The van der Waals surface area contributed by atoms with E-state index in [1.54, 1.807) is 0 Å². The summed E-state index contributed by atoms with van der Waals surface area (Å²) in [4.78, 5) is 38.2. The lowest BCUT2D eigenvalue weighted by molar-refractivity contribution is -0.156. The molecule has 3 aliphatic carbocycles. The fraction of sp³-hybridized carbons (Fsp3) is 0.346. The molecule has 3 aromatic rings. The van der Waals surface area contributed by atoms with Gasteiger partial charge in [-0.25, -0.2) is 4.79 Å². The molecule has 1 aromatic heterocycles. The first kappa shape index (κ1) is 21.6. The van der Waals surface area contributed by atoms with Crippen molar-refractivity contribution in [3.05, 3.63) is 53.4 Å². The Morgan fingerprint density at radius 3 is 2.30 bits per heavy atom. The van der Waals surface area contributed by atoms with E-state index >= 15 is 0 Å². The maximum atomic E-state index is 13.4. The Kier molecular flexibility index (Phi) is 5.66. The van der Waals surface area contributed by atoms with Crippen LogP contribution in [0.3, 0.4) is 0 Å². The zero-order valence-corrected chi connectivity index (χ0v) is 19.1. The molecule has 33 heavy (non-hydrogen) atoms. The number of carboxylic acids is 1. The number of carboxylic acid groups (broad SMARTS) is 1. The highest BCUT2D eigenvalue weighted by Gasteiger charge is 2.50.